The van der Waals surface area contributed by atoms with E-state index in [9.17, 15) is 0 Å². The molecule has 1 aromatic heterocycles. The summed E-state index contributed by atoms with van der Waals surface area (Å²) in [7, 11) is 0. The van der Waals surface area contributed by atoms with E-state index in [-0.39, 0.29) is 5.41 Å². The molecule has 0 N–H and O–H groups in total. The molecule has 9 aromatic rings. The summed E-state index contributed by atoms with van der Waals surface area (Å²) in [6, 6.07) is 57.6. The number of hydrogen-bond donors (Lipinski definition) is 0. The molecule has 1 nitrogen and oxygen atoms in total. The van der Waals surface area contributed by atoms with Crippen LogP contribution in [0.2, 0.25) is 0 Å². The predicted octanol–water partition coefficient (Wildman–Crippen LogP) is 13.8. The second-order valence-electron chi connectivity index (χ2n) is 14.5. The Hall–Kier alpha value is -6.18. The van der Waals surface area contributed by atoms with Gasteiger partial charge in [-0.3, -0.25) is 0 Å². The normalized spacial score (nSPS) is 13.5. The summed E-state index contributed by atoms with van der Waals surface area (Å²) in [6.45, 7) is 4.73. The van der Waals surface area contributed by atoms with E-state index in [2.05, 4.69) is 184 Å². The van der Waals surface area contributed by atoms with Crippen molar-refractivity contribution in [1.82, 2.24) is 0 Å². The van der Waals surface area contributed by atoms with Crippen LogP contribution in [0, 0.1) is 0 Å². The third kappa shape index (κ3) is 4.84. The van der Waals surface area contributed by atoms with Gasteiger partial charge in [0.1, 0.15) is 11.2 Å². The van der Waals surface area contributed by atoms with Crippen molar-refractivity contribution in [2.45, 2.75) is 25.7 Å². The third-order valence-electron chi connectivity index (χ3n) is 11.1. The zero-order valence-corrected chi connectivity index (χ0v) is 28.8. The number of benzene rings is 8. The SMILES string of the molecule is CC1(C)c2cc3ccccc3cc2-c2c(-c3cccc(/C=C/Cc4ccc(-c5cccc6oc7cc8ccccc8cc7c56)cc4)c3)cccc21. The Kier molecular flexibility index (Phi) is 6.66. The second kappa shape index (κ2) is 11.4. The second-order valence-corrected chi connectivity index (χ2v) is 14.5. The highest BCUT2D eigenvalue weighted by Crippen LogP contribution is 2.53. The molecule has 0 spiro atoms. The minimum Gasteiger partial charge on any atom is -0.456 e. The summed E-state index contributed by atoms with van der Waals surface area (Å²) < 4.78 is 6.33. The number of allylic oxidation sites excluding steroid dienone is 1. The van der Waals surface area contributed by atoms with Crippen LogP contribution in [0.15, 0.2) is 168 Å². The number of fused-ring (bicyclic) bond motifs is 8. The van der Waals surface area contributed by atoms with E-state index in [0.717, 1.165) is 23.0 Å². The van der Waals surface area contributed by atoms with Gasteiger partial charge in [0.15, 0.2) is 0 Å². The molecule has 0 bridgehead atoms. The molecule has 0 radical (unpaired) electrons. The van der Waals surface area contributed by atoms with Gasteiger partial charge in [-0.1, -0.05) is 147 Å². The zero-order chi connectivity index (χ0) is 34.1. The minimum absolute atomic E-state index is 0.0501. The van der Waals surface area contributed by atoms with E-state index in [1.807, 2.05) is 0 Å². The maximum Gasteiger partial charge on any atom is 0.136 e. The molecule has 0 unspecified atom stereocenters. The average molecular weight is 653 g/mol. The van der Waals surface area contributed by atoms with Gasteiger partial charge < -0.3 is 4.42 Å². The Labute approximate surface area is 298 Å². The molecule has 1 aliphatic rings. The van der Waals surface area contributed by atoms with Gasteiger partial charge >= 0.3 is 0 Å². The summed E-state index contributed by atoms with van der Waals surface area (Å²) in [4.78, 5) is 0. The van der Waals surface area contributed by atoms with Crippen LogP contribution in [0.25, 0.3) is 82.9 Å². The maximum absolute atomic E-state index is 6.33. The van der Waals surface area contributed by atoms with Crippen LogP contribution in [0.3, 0.4) is 0 Å². The first-order valence-electron chi connectivity index (χ1n) is 17.9. The van der Waals surface area contributed by atoms with Crippen LogP contribution >= 0.6 is 0 Å². The van der Waals surface area contributed by atoms with E-state index >= 15 is 0 Å². The molecule has 0 atom stereocenters. The van der Waals surface area contributed by atoms with Gasteiger partial charge in [0.2, 0.25) is 0 Å². The fraction of sp³-hybridized carbons (Fsp3) is 0.0800. The first kappa shape index (κ1) is 29.7. The summed E-state index contributed by atoms with van der Waals surface area (Å²) in [5.74, 6) is 0. The van der Waals surface area contributed by atoms with Gasteiger partial charge in [0.25, 0.3) is 0 Å². The quantitative estimate of drug-likeness (QED) is 0.180. The van der Waals surface area contributed by atoms with Gasteiger partial charge in [-0.15, -0.1) is 0 Å². The molecule has 0 saturated heterocycles. The fourth-order valence-corrected chi connectivity index (χ4v) is 8.43. The first-order valence-corrected chi connectivity index (χ1v) is 17.9. The number of hydrogen-bond acceptors (Lipinski definition) is 1. The lowest BCUT2D eigenvalue weighted by atomic mass is 9.81. The molecule has 0 saturated carbocycles. The molecule has 242 valence electrons. The highest BCUT2D eigenvalue weighted by Gasteiger charge is 2.37. The van der Waals surface area contributed by atoms with Crippen molar-refractivity contribution in [3.63, 3.8) is 0 Å². The molecule has 51 heavy (non-hydrogen) atoms. The summed E-state index contributed by atoms with van der Waals surface area (Å²) in [5.41, 5.74) is 14.8. The average Bonchev–Trinajstić information content (AvgIpc) is 3.64. The van der Waals surface area contributed by atoms with Crippen molar-refractivity contribution in [1.29, 1.82) is 0 Å². The maximum atomic E-state index is 6.33. The van der Waals surface area contributed by atoms with Crippen molar-refractivity contribution in [2.75, 3.05) is 0 Å². The largest absolute Gasteiger partial charge is 0.456 e. The first-order chi connectivity index (χ1) is 25.0. The van der Waals surface area contributed by atoms with Gasteiger partial charge in [-0.05, 0) is 120 Å². The van der Waals surface area contributed by atoms with Crippen LogP contribution in [0.1, 0.15) is 36.1 Å². The molecule has 10 rings (SSSR count). The van der Waals surface area contributed by atoms with Gasteiger partial charge in [0, 0.05) is 16.2 Å². The highest BCUT2D eigenvalue weighted by atomic mass is 16.3. The number of rotatable bonds is 5. The topological polar surface area (TPSA) is 13.1 Å². The molecule has 0 aliphatic heterocycles. The fourth-order valence-electron chi connectivity index (χ4n) is 8.43. The molecule has 1 heteroatoms. The van der Waals surface area contributed by atoms with Crippen LogP contribution in [-0.4, -0.2) is 0 Å². The lowest BCUT2D eigenvalue weighted by Gasteiger charge is -2.22. The minimum atomic E-state index is -0.0501. The van der Waals surface area contributed by atoms with E-state index in [4.69, 9.17) is 4.42 Å². The zero-order valence-electron chi connectivity index (χ0n) is 28.8. The lowest BCUT2D eigenvalue weighted by molar-refractivity contribution is 0.661. The summed E-state index contributed by atoms with van der Waals surface area (Å²) in [6.07, 6.45) is 5.41. The smallest absolute Gasteiger partial charge is 0.136 e. The summed E-state index contributed by atoms with van der Waals surface area (Å²) in [5, 5.41) is 7.36. The molecular weight excluding hydrogens is 617 g/mol. The molecule has 8 aromatic carbocycles. The van der Waals surface area contributed by atoms with E-state index in [1.165, 1.54) is 82.6 Å². The van der Waals surface area contributed by atoms with E-state index in [0.29, 0.717) is 0 Å². The molecule has 1 heterocycles. The Morgan fingerprint density at radius 1 is 0.510 bits per heavy atom. The molecular formula is C50H36O. The molecule has 0 fully saturated rings. The monoisotopic (exact) mass is 652 g/mol. The van der Waals surface area contributed by atoms with Gasteiger partial charge in [0.05, 0.1) is 0 Å². The Bertz CT molecular complexity index is 2840. The molecule has 0 amide bonds. The van der Waals surface area contributed by atoms with Crippen molar-refractivity contribution < 1.29 is 4.42 Å². The standard InChI is InChI=1S/C50H36O/c1-50(2)44-21-9-19-41(48(44)42-28-35-14-3-5-16-37(35)30-45(42)50)39-18-8-13-33(27-39)12-7-11-32-23-25-34(26-24-32)40-20-10-22-46-49(40)43-29-36-15-4-6-17-38(36)31-47(43)51-46/h3-10,12-31H,11H2,1-2H3/b12-7+. The van der Waals surface area contributed by atoms with E-state index < -0.39 is 0 Å². The van der Waals surface area contributed by atoms with Crippen molar-refractivity contribution in [2.24, 2.45) is 0 Å². The van der Waals surface area contributed by atoms with Crippen LogP contribution < -0.4 is 0 Å². The number of furan rings is 1. The van der Waals surface area contributed by atoms with Crippen molar-refractivity contribution in [3.8, 4) is 33.4 Å². The summed E-state index contributed by atoms with van der Waals surface area (Å²) >= 11 is 0. The predicted molar refractivity (Wildman–Crippen MR) is 216 cm³/mol. The van der Waals surface area contributed by atoms with Crippen LogP contribution in [-0.2, 0) is 11.8 Å². The van der Waals surface area contributed by atoms with E-state index in [1.54, 1.807) is 0 Å². The van der Waals surface area contributed by atoms with Gasteiger partial charge in [-0.2, -0.15) is 0 Å². The van der Waals surface area contributed by atoms with Crippen molar-refractivity contribution >= 4 is 49.6 Å². The van der Waals surface area contributed by atoms with Crippen molar-refractivity contribution in [3.05, 3.63) is 186 Å². The Morgan fingerprint density at radius 3 is 2.00 bits per heavy atom. The van der Waals surface area contributed by atoms with Crippen LogP contribution in [0.5, 0.6) is 0 Å². The highest BCUT2D eigenvalue weighted by molar-refractivity contribution is 6.15. The van der Waals surface area contributed by atoms with Gasteiger partial charge in [-0.25, -0.2) is 0 Å². The Morgan fingerprint density at radius 2 is 1.20 bits per heavy atom. The molecule has 1 aliphatic carbocycles. The lowest BCUT2D eigenvalue weighted by Crippen LogP contribution is -2.14. The third-order valence-corrected chi connectivity index (χ3v) is 11.1. The Balaban J connectivity index is 0.933. The van der Waals surface area contributed by atoms with Crippen LogP contribution in [0.4, 0.5) is 0 Å².